The van der Waals surface area contributed by atoms with E-state index in [0.29, 0.717) is 60.1 Å². The monoisotopic (exact) mass is 546 g/mol. The first-order chi connectivity index (χ1) is 19.2. The Labute approximate surface area is 230 Å². The van der Waals surface area contributed by atoms with Crippen molar-refractivity contribution in [2.45, 2.75) is 53.1 Å². The Morgan fingerprint density at radius 3 is 2.67 bits per heavy atom. The van der Waals surface area contributed by atoms with Gasteiger partial charge in [0.25, 0.3) is 12.3 Å². The second-order valence-electron chi connectivity index (χ2n) is 9.52. The van der Waals surface area contributed by atoms with Gasteiger partial charge in [-0.1, -0.05) is 0 Å². The van der Waals surface area contributed by atoms with E-state index in [2.05, 4.69) is 24.9 Å². The van der Waals surface area contributed by atoms with Crippen LogP contribution in [-0.4, -0.2) is 53.3 Å². The molecule has 0 unspecified atom stereocenters. The van der Waals surface area contributed by atoms with Crippen LogP contribution in [0.15, 0.2) is 36.8 Å². The van der Waals surface area contributed by atoms with Crippen LogP contribution in [0.3, 0.4) is 0 Å². The van der Waals surface area contributed by atoms with E-state index in [-0.39, 0.29) is 11.7 Å². The van der Waals surface area contributed by atoms with Gasteiger partial charge in [0.05, 0.1) is 30.6 Å². The van der Waals surface area contributed by atoms with Gasteiger partial charge in [-0.05, 0) is 63.4 Å². The van der Waals surface area contributed by atoms with Crippen molar-refractivity contribution in [3.63, 3.8) is 0 Å². The highest BCUT2D eigenvalue weighted by Gasteiger charge is 2.33. The normalized spacial score (nSPS) is 13.8. The second kappa shape index (κ2) is 10.8. The Kier molecular flexibility index (Phi) is 7.30. The van der Waals surface area contributed by atoms with Crippen molar-refractivity contribution in [1.29, 1.82) is 0 Å². The summed E-state index contributed by atoms with van der Waals surface area (Å²) in [7, 11) is 0. The number of amides is 1. The molecule has 3 aromatic heterocycles. The Bertz CT molecular complexity index is 1620. The SMILES string of the molecule is [C-]#[N+]c1cnc([C@H](C)N2CCc3c(cc(Cn4ccnc4C)cc3-n3nc(C)nc3C(F)F)C2=O)cc1OCC. The topological polar surface area (TPSA) is 95.3 Å². The van der Waals surface area contributed by atoms with Gasteiger partial charge in [-0.3, -0.25) is 9.78 Å². The molecule has 1 aliphatic rings. The highest BCUT2D eigenvalue weighted by Crippen LogP contribution is 2.35. The number of aryl methyl sites for hydroxylation is 2. The zero-order valence-corrected chi connectivity index (χ0v) is 22.6. The number of carbonyl (C=O) groups is 1. The van der Waals surface area contributed by atoms with Crippen molar-refractivity contribution < 1.29 is 18.3 Å². The number of halogens is 2. The number of hydrogen-bond donors (Lipinski definition) is 0. The zero-order valence-electron chi connectivity index (χ0n) is 22.6. The van der Waals surface area contributed by atoms with Gasteiger partial charge in [0, 0.05) is 37.2 Å². The first-order valence-electron chi connectivity index (χ1n) is 12.9. The highest BCUT2D eigenvalue weighted by atomic mass is 19.3. The van der Waals surface area contributed by atoms with Gasteiger partial charge < -0.3 is 14.2 Å². The van der Waals surface area contributed by atoms with Crippen LogP contribution in [0.4, 0.5) is 14.5 Å². The second-order valence-corrected chi connectivity index (χ2v) is 9.52. The van der Waals surface area contributed by atoms with Crippen LogP contribution in [0.2, 0.25) is 0 Å². The molecule has 1 aromatic carbocycles. The molecule has 5 rings (SSSR count). The van der Waals surface area contributed by atoms with E-state index in [1.807, 2.05) is 37.6 Å². The molecule has 0 fully saturated rings. The zero-order chi connectivity index (χ0) is 28.6. The van der Waals surface area contributed by atoms with E-state index in [1.165, 1.54) is 6.20 Å². The predicted octanol–water partition coefficient (Wildman–Crippen LogP) is 5.17. The summed E-state index contributed by atoms with van der Waals surface area (Å²) >= 11 is 0. The van der Waals surface area contributed by atoms with Gasteiger partial charge in [0.1, 0.15) is 17.4 Å². The Balaban J connectivity index is 1.59. The van der Waals surface area contributed by atoms with Crippen molar-refractivity contribution in [1.82, 2.24) is 34.2 Å². The first-order valence-corrected chi connectivity index (χ1v) is 12.9. The van der Waals surface area contributed by atoms with E-state index < -0.39 is 18.3 Å². The molecule has 0 spiro atoms. The number of carbonyl (C=O) groups excluding carboxylic acids is 1. The lowest BCUT2D eigenvalue weighted by atomic mass is 9.93. The predicted molar refractivity (Wildman–Crippen MR) is 142 cm³/mol. The lowest BCUT2D eigenvalue weighted by molar-refractivity contribution is 0.0668. The summed E-state index contributed by atoms with van der Waals surface area (Å²) in [6, 6.07) is 4.88. The van der Waals surface area contributed by atoms with Crippen LogP contribution in [0.25, 0.3) is 10.5 Å². The Morgan fingerprint density at radius 1 is 1.20 bits per heavy atom. The number of nitrogens with zero attached hydrogens (tertiary/aromatic N) is 8. The van der Waals surface area contributed by atoms with Crippen molar-refractivity contribution in [2.75, 3.05) is 13.2 Å². The summed E-state index contributed by atoms with van der Waals surface area (Å²) in [6.07, 6.45) is 2.54. The fraction of sp³-hybridized carbons (Fsp3) is 0.357. The Hall–Kier alpha value is -4.66. The van der Waals surface area contributed by atoms with Crippen LogP contribution >= 0.6 is 0 Å². The molecule has 0 N–H and O–H groups in total. The summed E-state index contributed by atoms with van der Waals surface area (Å²) in [4.78, 5) is 31.8. The number of hydrogen-bond acceptors (Lipinski definition) is 6. The van der Waals surface area contributed by atoms with Gasteiger partial charge in [0.15, 0.2) is 5.82 Å². The van der Waals surface area contributed by atoms with Crippen molar-refractivity contribution in [3.8, 4) is 11.4 Å². The van der Waals surface area contributed by atoms with Crippen LogP contribution in [0, 0.1) is 20.4 Å². The minimum absolute atomic E-state index is 0.219. The first kappa shape index (κ1) is 26.9. The third-order valence-electron chi connectivity index (χ3n) is 7.00. The van der Waals surface area contributed by atoms with E-state index in [1.54, 1.807) is 30.2 Å². The van der Waals surface area contributed by atoms with Crippen LogP contribution < -0.4 is 4.74 Å². The number of pyridine rings is 1. The molecule has 0 aliphatic carbocycles. The minimum atomic E-state index is -2.84. The number of aromatic nitrogens is 6. The molecular formula is C28H28F2N8O2. The molecule has 4 aromatic rings. The minimum Gasteiger partial charge on any atom is -0.505 e. The maximum Gasteiger partial charge on any atom is 0.297 e. The smallest absolute Gasteiger partial charge is 0.297 e. The quantitative estimate of drug-likeness (QED) is 0.283. The number of rotatable bonds is 8. The number of fused-ring (bicyclic) bond motifs is 1. The molecule has 0 saturated carbocycles. The average molecular weight is 547 g/mol. The molecule has 10 nitrogen and oxygen atoms in total. The molecule has 0 bridgehead atoms. The summed E-state index contributed by atoms with van der Waals surface area (Å²) in [5.74, 6) is 0.705. The summed E-state index contributed by atoms with van der Waals surface area (Å²) in [5.41, 5.74) is 3.10. The molecule has 0 saturated heterocycles. The standard InChI is InChI=1S/C28H28F2N8O2/c1-6-40-25-13-22(33-14-23(25)31-5)16(2)37-9-7-20-21(28(37)39)11-19(15-36-10-8-32-18(36)4)12-24(20)38-27(26(29)30)34-17(3)35-38/h8,10-14,16,26H,6-7,9,15H2,1-4H3/t16-/m0/s1. The van der Waals surface area contributed by atoms with Gasteiger partial charge in [-0.2, -0.15) is 5.10 Å². The number of imidazole rings is 1. The van der Waals surface area contributed by atoms with E-state index in [4.69, 9.17) is 11.3 Å². The maximum absolute atomic E-state index is 14.0. The number of ether oxygens (including phenoxy) is 1. The van der Waals surface area contributed by atoms with Gasteiger partial charge >= 0.3 is 0 Å². The molecular weight excluding hydrogens is 518 g/mol. The van der Waals surface area contributed by atoms with Gasteiger partial charge in [-0.15, -0.1) is 0 Å². The molecule has 1 aliphatic heterocycles. The van der Waals surface area contributed by atoms with Crippen LogP contribution in [0.5, 0.6) is 5.75 Å². The molecule has 1 atom stereocenters. The third kappa shape index (κ3) is 4.90. The van der Waals surface area contributed by atoms with E-state index >= 15 is 0 Å². The van der Waals surface area contributed by atoms with E-state index in [9.17, 15) is 13.6 Å². The number of benzene rings is 1. The van der Waals surface area contributed by atoms with E-state index in [0.717, 1.165) is 16.1 Å². The molecule has 1 amide bonds. The molecule has 206 valence electrons. The van der Waals surface area contributed by atoms with Crippen molar-refractivity contribution in [3.05, 3.63) is 88.1 Å². The average Bonchev–Trinajstić information content (AvgIpc) is 3.53. The molecule has 12 heteroatoms. The highest BCUT2D eigenvalue weighted by molar-refractivity contribution is 5.98. The molecule has 0 radical (unpaired) electrons. The molecule has 4 heterocycles. The van der Waals surface area contributed by atoms with Gasteiger partial charge in [-0.25, -0.2) is 28.3 Å². The van der Waals surface area contributed by atoms with Crippen LogP contribution in [-0.2, 0) is 13.0 Å². The summed E-state index contributed by atoms with van der Waals surface area (Å²) in [5, 5.41) is 4.27. The lowest BCUT2D eigenvalue weighted by Gasteiger charge is -2.34. The van der Waals surface area contributed by atoms with Gasteiger partial charge in [0.2, 0.25) is 5.69 Å². The Morgan fingerprint density at radius 2 is 2.00 bits per heavy atom. The van der Waals surface area contributed by atoms with Crippen molar-refractivity contribution in [2.24, 2.45) is 0 Å². The molecule has 40 heavy (non-hydrogen) atoms. The fourth-order valence-corrected chi connectivity index (χ4v) is 5.01. The lowest BCUT2D eigenvalue weighted by Crippen LogP contribution is -2.40. The summed E-state index contributed by atoms with van der Waals surface area (Å²) in [6.45, 7) is 15.6. The fourth-order valence-electron chi connectivity index (χ4n) is 5.01. The maximum atomic E-state index is 14.0. The van der Waals surface area contributed by atoms with Crippen molar-refractivity contribution >= 4 is 11.6 Å². The largest absolute Gasteiger partial charge is 0.505 e. The summed E-state index contributed by atoms with van der Waals surface area (Å²) < 4.78 is 36.6. The number of alkyl halides is 2. The third-order valence-corrected chi connectivity index (χ3v) is 7.00. The van der Waals surface area contributed by atoms with Crippen LogP contribution in [0.1, 0.15) is 71.0 Å².